The van der Waals surface area contributed by atoms with Crippen LogP contribution in [0.5, 0.6) is 0 Å². The topological polar surface area (TPSA) is 34.0 Å². The van der Waals surface area contributed by atoms with Gasteiger partial charge in [-0.05, 0) is 54.5 Å². The molecule has 3 aromatic carbocycles. The number of aromatic nitrogens is 3. The number of nitrogens with zero attached hydrogens (tertiary/aromatic N) is 4. The number of fused-ring (bicyclic) bond motifs is 1. The highest BCUT2D eigenvalue weighted by Crippen LogP contribution is 2.39. The third-order valence-electron chi connectivity index (χ3n) is 7.38. The molecule has 1 saturated heterocycles. The summed E-state index contributed by atoms with van der Waals surface area (Å²) in [5.74, 6) is 1.44. The van der Waals surface area contributed by atoms with E-state index in [9.17, 15) is 13.2 Å². The van der Waals surface area contributed by atoms with Gasteiger partial charge in [-0.25, -0.2) is 9.97 Å². The van der Waals surface area contributed by atoms with E-state index in [4.69, 9.17) is 4.98 Å². The molecule has 0 bridgehead atoms. The van der Waals surface area contributed by atoms with E-state index in [1.54, 1.807) is 10.6 Å². The third kappa shape index (κ3) is 4.76. The summed E-state index contributed by atoms with van der Waals surface area (Å²) in [6.07, 6.45) is 2.15. The van der Waals surface area contributed by atoms with Crippen LogP contribution in [0.3, 0.4) is 0 Å². The van der Waals surface area contributed by atoms with Crippen LogP contribution in [0, 0.1) is 5.92 Å². The van der Waals surface area contributed by atoms with Crippen LogP contribution in [-0.4, -0.2) is 27.6 Å². The Morgan fingerprint density at radius 1 is 0.816 bits per heavy atom. The van der Waals surface area contributed by atoms with Crippen molar-refractivity contribution in [3.63, 3.8) is 0 Å². The summed E-state index contributed by atoms with van der Waals surface area (Å²) in [4.78, 5) is 11.6. The van der Waals surface area contributed by atoms with Gasteiger partial charge in [0.05, 0.1) is 10.9 Å². The second-order valence-corrected chi connectivity index (χ2v) is 9.84. The monoisotopic (exact) mass is 512 g/mol. The van der Waals surface area contributed by atoms with E-state index in [-0.39, 0.29) is 0 Å². The lowest BCUT2D eigenvalue weighted by molar-refractivity contribution is -0.137. The molecule has 1 aliphatic rings. The Morgan fingerprint density at radius 3 is 2.24 bits per heavy atom. The second kappa shape index (κ2) is 9.97. The Morgan fingerprint density at radius 2 is 1.53 bits per heavy atom. The van der Waals surface area contributed by atoms with Crippen molar-refractivity contribution in [1.82, 2.24) is 14.5 Å². The molecule has 192 valence electrons. The van der Waals surface area contributed by atoms with Gasteiger partial charge in [0.2, 0.25) is 0 Å². The Hall–Kier alpha value is -4.13. The predicted molar refractivity (Wildman–Crippen MR) is 144 cm³/mol. The summed E-state index contributed by atoms with van der Waals surface area (Å²) in [6.45, 7) is 1.74. The molecule has 6 rings (SSSR count). The van der Waals surface area contributed by atoms with Gasteiger partial charge in [-0.1, -0.05) is 66.7 Å². The van der Waals surface area contributed by atoms with E-state index in [2.05, 4.69) is 34.1 Å². The number of hydrogen-bond acceptors (Lipinski definition) is 3. The largest absolute Gasteiger partial charge is 0.416 e. The van der Waals surface area contributed by atoms with Gasteiger partial charge in [0.15, 0.2) is 5.65 Å². The van der Waals surface area contributed by atoms with Gasteiger partial charge < -0.3 is 9.47 Å². The molecule has 0 atom stereocenters. The average molecular weight is 513 g/mol. The van der Waals surface area contributed by atoms with Crippen LogP contribution >= 0.6 is 0 Å². The Kier molecular flexibility index (Phi) is 6.35. The van der Waals surface area contributed by atoms with E-state index in [0.29, 0.717) is 17.3 Å². The molecule has 7 heteroatoms. The fraction of sp³-hybridized carbons (Fsp3) is 0.226. The second-order valence-electron chi connectivity index (χ2n) is 9.84. The summed E-state index contributed by atoms with van der Waals surface area (Å²) in [7, 11) is 0. The van der Waals surface area contributed by atoms with Gasteiger partial charge in [0, 0.05) is 30.5 Å². The standard InChI is InChI=1S/C31H27F3N4/c32-31(33,34)25-12-7-13-26(19-25)38-20-27(24-10-5-2-6-11-24)28-29(35-21-36-30(28)38)37-16-14-23(15-17-37)18-22-8-3-1-4-9-22/h1-13,19-21,23H,14-18H2. The zero-order chi connectivity index (χ0) is 26.1. The number of piperidine rings is 1. The molecular formula is C31H27F3N4. The molecule has 0 N–H and O–H groups in total. The minimum atomic E-state index is -4.43. The van der Waals surface area contributed by atoms with Crippen LogP contribution in [0.1, 0.15) is 24.0 Å². The van der Waals surface area contributed by atoms with Crippen molar-refractivity contribution in [3.8, 4) is 16.8 Å². The molecule has 0 amide bonds. The van der Waals surface area contributed by atoms with Crippen molar-refractivity contribution in [2.24, 2.45) is 5.92 Å². The van der Waals surface area contributed by atoms with Crippen molar-refractivity contribution in [2.45, 2.75) is 25.4 Å². The summed E-state index contributed by atoms with van der Waals surface area (Å²) in [5, 5.41) is 0.859. The first-order chi connectivity index (χ1) is 18.5. The minimum Gasteiger partial charge on any atom is -0.356 e. The van der Waals surface area contributed by atoms with Crippen molar-refractivity contribution >= 4 is 16.9 Å². The molecule has 1 fully saturated rings. The van der Waals surface area contributed by atoms with Gasteiger partial charge in [-0.15, -0.1) is 0 Å². The predicted octanol–water partition coefficient (Wildman–Crippen LogP) is 7.57. The molecule has 0 saturated carbocycles. The lowest BCUT2D eigenvalue weighted by Crippen LogP contribution is -2.35. The molecule has 38 heavy (non-hydrogen) atoms. The SMILES string of the molecule is FC(F)(F)c1cccc(-n2cc(-c3ccccc3)c3c(N4CCC(Cc5ccccc5)CC4)ncnc32)c1. The van der Waals surface area contributed by atoms with Gasteiger partial charge >= 0.3 is 6.18 Å². The summed E-state index contributed by atoms with van der Waals surface area (Å²) < 4.78 is 42.3. The van der Waals surface area contributed by atoms with E-state index in [0.717, 1.165) is 60.7 Å². The van der Waals surface area contributed by atoms with E-state index < -0.39 is 11.7 Å². The highest BCUT2D eigenvalue weighted by molar-refractivity contribution is 6.02. The molecule has 5 aromatic rings. The molecule has 1 aliphatic heterocycles. The fourth-order valence-corrected chi connectivity index (χ4v) is 5.45. The average Bonchev–Trinajstić information content (AvgIpc) is 3.34. The van der Waals surface area contributed by atoms with Crippen LogP contribution in [0.4, 0.5) is 19.0 Å². The molecule has 3 heterocycles. The zero-order valence-corrected chi connectivity index (χ0v) is 20.8. The zero-order valence-electron chi connectivity index (χ0n) is 20.8. The Balaban J connectivity index is 1.40. The molecule has 4 nitrogen and oxygen atoms in total. The van der Waals surface area contributed by atoms with Crippen LogP contribution < -0.4 is 4.90 Å². The van der Waals surface area contributed by atoms with Crippen molar-refractivity contribution < 1.29 is 13.2 Å². The van der Waals surface area contributed by atoms with E-state index in [1.807, 2.05) is 42.6 Å². The third-order valence-corrected chi connectivity index (χ3v) is 7.38. The quantitative estimate of drug-likeness (QED) is 0.244. The number of halogens is 3. The molecule has 2 aromatic heterocycles. The van der Waals surface area contributed by atoms with Crippen LogP contribution in [-0.2, 0) is 12.6 Å². The van der Waals surface area contributed by atoms with Crippen LogP contribution in [0.2, 0.25) is 0 Å². The first kappa shape index (κ1) is 24.2. The van der Waals surface area contributed by atoms with Gasteiger partial charge in [-0.3, -0.25) is 0 Å². The van der Waals surface area contributed by atoms with E-state index in [1.165, 1.54) is 24.0 Å². The Bertz CT molecular complexity index is 1540. The summed E-state index contributed by atoms with van der Waals surface area (Å²) >= 11 is 0. The Labute approximate surface area is 219 Å². The minimum absolute atomic E-state index is 0.415. The molecular weight excluding hydrogens is 485 g/mol. The van der Waals surface area contributed by atoms with Gasteiger partial charge in [0.1, 0.15) is 12.1 Å². The number of alkyl halides is 3. The smallest absolute Gasteiger partial charge is 0.356 e. The summed E-state index contributed by atoms with van der Waals surface area (Å²) in [6, 6.07) is 25.8. The number of hydrogen-bond donors (Lipinski definition) is 0. The first-order valence-electron chi connectivity index (χ1n) is 12.9. The van der Waals surface area contributed by atoms with Gasteiger partial charge in [0.25, 0.3) is 0 Å². The maximum absolute atomic E-state index is 13.5. The number of benzene rings is 3. The number of rotatable bonds is 5. The molecule has 0 unspecified atom stereocenters. The highest BCUT2D eigenvalue weighted by atomic mass is 19.4. The number of anilines is 1. The maximum Gasteiger partial charge on any atom is 0.416 e. The van der Waals surface area contributed by atoms with Crippen molar-refractivity contribution in [3.05, 3.63) is 109 Å². The maximum atomic E-state index is 13.5. The van der Waals surface area contributed by atoms with Crippen LogP contribution in [0.15, 0.2) is 97.5 Å². The summed E-state index contributed by atoms with van der Waals surface area (Å²) in [5.41, 5.74) is 3.56. The lowest BCUT2D eigenvalue weighted by atomic mass is 9.90. The fourth-order valence-electron chi connectivity index (χ4n) is 5.45. The molecule has 0 spiro atoms. The molecule has 0 radical (unpaired) electrons. The van der Waals surface area contributed by atoms with Crippen LogP contribution in [0.25, 0.3) is 27.8 Å². The van der Waals surface area contributed by atoms with Gasteiger partial charge in [-0.2, -0.15) is 13.2 Å². The molecule has 0 aliphatic carbocycles. The normalized spacial score (nSPS) is 14.8. The van der Waals surface area contributed by atoms with E-state index >= 15 is 0 Å². The van der Waals surface area contributed by atoms with Crippen molar-refractivity contribution in [1.29, 1.82) is 0 Å². The first-order valence-corrected chi connectivity index (χ1v) is 12.9. The lowest BCUT2D eigenvalue weighted by Gasteiger charge is -2.33. The highest BCUT2D eigenvalue weighted by Gasteiger charge is 2.31. The van der Waals surface area contributed by atoms with Crippen molar-refractivity contribution in [2.75, 3.05) is 18.0 Å².